The first-order valence-electron chi connectivity index (χ1n) is 7.24. The van der Waals surface area contributed by atoms with E-state index in [1.807, 2.05) is 12.1 Å². The molecule has 1 aromatic carbocycles. The maximum atomic E-state index is 11.9. The predicted octanol–water partition coefficient (Wildman–Crippen LogP) is 3.12. The van der Waals surface area contributed by atoms with E-state index in [0.717, 1.165) is 25.3 Å². The van der Waals surface area contributed by atoms with Crippen molar-refractivity contribution < 1.29 is 4.79 Å². The number of rotatable bonds is 4. The van der Waals surface area contributed by atoms with Crippen LogP contribution in [0.15, 0.2) is 18.2 Å². The van der Waals surface area contributed by atoms with Gasteiger partial charge >= 0.3 is 0 Å². The van der Waals surface area contributed by atoms with E-state index in [4.69, 9.17) is 0 Å². The molecule has 0 aromatic heterocycles. The van der Waals surface area contributed by atoms with E-state index >= 15 is 0 Å². The summed E-state index contributed by atoms with van der Waals surface area (Å²) in [5.74, 6) is 0.119. The third kappa shape index (κ3) is 4.35. The molecular formula is C16H24N2O. The second kappa shape index (κ2) is 6.71. The minimum atomic E-state index is 0.119. The number of piperidine rings is 1. The molecule has 0 unspecified atom stereocenters. The fourth-order valence-electron chi connectivity index (χ4n) is 2.49. The number of benzene rings is 1. The Balaban J connectivity index is 1.78. The van der Waals surface area contributed by atoms with Crippen LogP contribution in [-0.2, 0) is 4.79 Å². The van der Waals surface area contributed by atoms with Crippen molar-refractivity contribution in [3.63, 3.8) is 0 Å². The van der Waals surface area contributed by atoms with Gasteiger partial charge in [0.05, 0.1) is 0 Å². The number of hydrogen-bond donors (Lipinski definition) is 1. The van der Waals surface area contributed by atoms with Crippen LogP contribution in [-0.4, -0.2) is 30.4 Å². The number of hydrogen-bond acceptors (Lipinski definition) is 2. The van der Waals surface area contributed by atoms with Gasteiger partial charge in [0.15, 0.2) is 0 Å². The first kappa shape index (κ1) is 14.1. The van der Waals surface area contributed by atoms with E-state index in [-0.39, 0.29) is 5.91 Å². The normalized spacial score (nSPS) is 16.3. The van der Waals surface area contributed by atoms with Gasteiger partial charge < -0.3 is 10.2 Å². The van der Waals surface area contributed by atoms with E-state index in [9.17, 15) is 4.79 Å². The van der Waals surface area contributed by atoms with Gasteiger partial charge in [-0.05, 0) is 63.0 Å². The van der Waals surface area contributed by atoms with Crippen molar-refractivity contribution in [1.82, 2.24) is 4.90 Å². The SMILES string of the molecule is Cc1ccc(NC(=O)CCN2CCCCC2)cc1C. The van der Waals surface area contributed by atoms with Crippen LogP contribution in [0.5, 0.6) is 0 Å². The fraction of sp³-hybridized carbons (Fsp3) is 0.562. The lowest BCUT2D eigenvalue weighted by Crippen LogP contribution is -2.32. The number of nitrogens with one attached hydrogen (secondary N) is 1. The number of anilines is 1. The summed E-state index contributed by atoms with van der Waals surface area (Å²) in [4.78, 5) is 14.3. The summed E-state index contributed by atoms with van der Waals surface area (Å²) in [5.41, 5.74) is 3.38. The summed E-state index contributed by atoms with van der Waals surface area (Å²) in [6.07, 6.45) is 4.48. The van der Waals surface area contributed by atoms with Crippen LogP contribution in [0.3, 0.4) is 0 Å². The molecule has 1 aromatic rings. The molecule has 1 aliphatic rings. The molecule has 1 amide bonds. The second-order valence-electron chi connectivity index (χ2n) is 5.50. The van der Waals surface area contributed by atoms with Gasteiger partial charge in [0.1, 0.15) is 0 Å². The zero-order valence-corrected chi connectivity index (χ0v) is 12.0. The molecule has 19 heavy (non-hydrogen) atoms. The van der Waals surface area contributed by atoms with Crippen LogP contribution in [0, 0.1) is 13.8 Å². The molecule has 2 rings (SSSR count). The lowest BCUT2D eigenvalue weighted by atomic mass is 10.1. The Morgan fingerprint density at radius 2 is 1.89 bits per heavy atom. The van der Waals surface area contributed by atoms with Crippen molar-refractivity contribution in [2.24, 2.45) is 0 Å². The highest BCUT2D eigenvalue weighted by Gasteiger charge is 2.11. The quantitative estimate of drug-likeness (QED) is 0.902. The first-order valence-corrected chi connectivity index (χ1v) is 7.24. The molecular weight excluding hydrogens is 236 g/mol. The van der Waals surface area contributed by atoms with Crippen molar-refractivity contribution in [2.45, 2.75) is 39.5 Å². The lowest BCUT2D eigenvalue weighted by Gasteiger charge is -2.25. The summed E-state index contributed by atoms with van der Waals surface area (Å²) in [6, 6.07) is 6.06. The molecule has 104 valence electrons. The summed E-state index contributed by atoms with van der Waals surface area (Å²) < 4.78 is 0. The highest BCUT2D eigenvalue weighted by Crippen LogP contribution is 2.14. The van der Waals surface area contributed by atoms with Crippen LogP contribution in [0.4, 0.5) is 5.69 Å². The highest BCUT2D eigenvalue weighted by atomic mass is 16.1. The van der Waals surface area contributed by atoms with Crippen LogP contribution in [0.2, 0.25) is 0 Å². The molecule has 1 fully saturated rings. The molecule has 1 heterocycles. The number of carbonyl (C=O) groups excluding carboxylic acids is 1. The maximum absolute atomic E-state index is 11.9. The smallest absolute Gasteiger partial charge is 0.225 e. The van der Waals surface area contributed by atoms with Crippen LogP contribution in [0.1, 0.15) is 36.8 Å². The van der Waals surface area contributed by atoms with Crippen LogP contribution >= 0.6 is 0 Å². The second-order valence-corrected chi connectivity index (χ2v) is 5.50. The van der Waals surface area contributed by atoms with Crippen molar-refractivity contribution in [3.8, 4) is 0 Å². The number of nitrogens with zero attached hydrogens (tertiary/aromatic N) is 1. The third-order valence-corrected chi connectivity index (χ3v) is 3.89. The van der Waals surface area contributed by atoms with Gasteiger partial charge in [-0.1, -0.05) is 12.5 Å². The first-order chi connectivity index (χ1) is 9.15. The zero-order chi connectivity index (χ0) is 13.7. The van der Waals surface area contributed by atoms with Gasteiger partial charge in [0.2, 0.25) is 5.91 Å². The summed E-state index contributed by atoms with van der Waals surface area (Å²) in [7, 11) is 0. The van der Waals surface area contributed by atoms with E-state index in [0.29, 0.717) is 6.42 Å². The Morgan fingerprint density at radius 3 is 2.58 bits per heavy atom. The fourth-order valence-corrected chi connectivity index (χ4v) is 2.49. The molecule has 1 aliphatic heterocycles. The number of carbonyl (C=O) groups is 1. The highest BCUT2D eigenvalue weighted by molar-refractivity contribution is 5.90. The Hall–Kier alpha value is -1.35. The predicted molar refractivity (Wildman–Crippen MR) is 79.5 cm³/mol. The molecule has 0 atom stereocenters. The summed E-state index contributed by atoms with van der Waals surface area (Å²) >= 11 is 0. The maximum Gasteiger partial charge on any atom is 0.225 e. The summed E-state index contributed by atoms with van der Waals surface area (Å²) in [6.45, 7) is 7.33. The molecule has 0 aliphatic carbocycles. The average molecular weight is 260 g/mol. The van der Waals surface area contributed by atoms with E-state index in [1.165, 1.54) is 30.4 Å². The molecule has 1 N–H and O–H groups in total. The number of aryl methyl sites for hydroxylation is 2. The Morgan fingerprint density at radius 1 is 1.16 bits per heavy atom. The topological polar surface area (TPSA) is 32.3 Å². The van der Waals surface area contributed by atoms with Gasteiger partial charge in [-0.2, -0.15) is 0 Å². The van der Waals surface area contributed by atoms with Gasteiger partial charge in [0.25, 0.3) is 0 Å². The lowest BCUT2D eigenvalue weighted by molar-refractivity contribution is -0.116. The Kier molecular flexibility index (Phi) is 4.97. The van der Waals surface area contributed by atoms with Crippen molar-refractivity contribution >= 4 is 11.6 Å². The minimum Gasteiger partial charge on any atom is -0.326 e. The zero-order valence-electron chi connectivity index (χ0n) is 12.0. The van der Waals surface area contributed by atoms with Crippen molar-refractivity contribution in [3.05, 3.63) is 29.3 Å². The molecule has 1 saturated heterocycles. The largest absolute Gasteiger partial charge is 0.326 e. The molecule has 3 nitrogen and oxygen atoms in total. The molecule has 0 radical (unpaired) electrons. The molecule has 0 spiro atoms. The van der Waals surface area contributed by atoms with Crippen molar-refractivity contribution in [1.29, 1.82) is 0 Å². The van der Waals surface area contributed by atoms with Gasteiger partial charge in [0, 0.05) is 18.7 Å². The third-order valence-electron chi connectivity index (χ3n) is 3.89. The summed E-state index contributed by atoms with van der Waals surface area (Å²) in [5, 5.41) is 2.98. The number of likely N-dealkylation sites (tertiary alicyclic amines) is 1. The van der Waals surface area contributed by atoms with Crippen LogP contribution < -0.4 is 5.32 Å². The minimum absolute atomic E-state index is 0.119. The Labute approximate surface area is 116 Å². The number of amides is 1. The Bertz CT molecular complexity index is 436. The van der Waals surface area contributed by atoms with E-state index in [1.54, 1.807) is 0 Å². The van der Waals surface area contributed by atoms with E-state index < -0.39 is 0 Å². The van der Waals surface area contributed by atoms with Crippen LogP contribution in [0.25, 0.3) is 0 Å². The molecule has 0 saturated carbocycles. The standard InChI is InChI=1S/C16H24N2O/c1-13-6-7-15(12-14(13)2)17-16(19)8-11-18-9-4-3-5-10-18/h6-7,12H,3-5,8-11H2,1-2H3,(H,17,19). The van der Waals surface area contributed by atoms with Gasteiger partial charge in [-0.25, -0.2) is 0 Å². The molecule has 0 bridgehead atoms. The van der Waals surface area contributed by atoms with Gasteiger partial charge in [-0.15, -0.1) is 0 Å². The monoisotopic (exact) mass is 260 g/mol. The average Bonchev–Trinajstić information content (AvgIpc) is 2.42. The van der Waals surface area contributed by atoms with Gasteiger partial charge in [-0.3, -0.25) is 4.79 Å². The van der Waals surface area contributed by atoms with Crippen molar-refractivity contribution in [2.75, 3.05) is 25.0 Å². The van der Waals surface area contributed by atoms with E-state index in [2.05, 4.69) is 30.1 Å². The molecule has 3 heteroatoms.